The Morgan fingerprint density at radius 3 is 2.86 bits per heavy atom. The van der Waals surface area contributed by atoms with E-state index in [1.165, 1.54) is 16.5 Å². The Balaban J connectivity index is 1.43. The van der Waals surface area contributed by atoms with E-state index in [-0.39, 0.29) is 12.0 Å². The van der Waals surface area contributed by atoms with Crippen LogP contribution in [0.3, 0.4) is 0 Å². The molecule has 3 aromatic rings. The summed E-state index contributed by atoms with van der Waals surface area (Å²) in [7, 11) is 1.83. The number of nitrogens with one attached hydrogen (secondary N) is 1. The van der Waals surface area contributed by atoms with Crippen LogP contribution in [-0.4, -0.2) is 44.9 Å². The average molecular weight is 376 g/mol. The maximum absolute atomic E-state index is 13.1. The van der Waals surface area contributed by atoms with Gasteiger partial charge in [-0.2, -0.15) is 5.10 Å². The Morgan fingerprint density at radius 2 is 2.07 bits per heavy atom. The number of anilines is 1. The summed E-state index contributed by atoms with van der Waals surface area (Å²) in [6.07, 6.45) is 4.53. The number of likely N-dealkylation sites (tertiary alicyclic amines) is 1. The fourth-order valence-corrected chi connectivity index (χ4v) is 4.58. The second-order valence-corrected chi connectivity index (χ2v) is 7.92. The third-order valence-electron chi connectivity index (χ3n) is 5.89. The van der Waals surface area contributed by atoms with Crippen molar-refractivity contribution >= 4 is 22.4 Å². The molecule has 1 aliphatic heterocycles. The molecule has 0 spiro atoms. The lowest BCUT2D eigenvalue weighted by Crippen LogP contribution is -2.23. The minimum atomic E-state index is -0.275. The van der Waals surface area contributed by atoms with Crippen molar-refractivity contribution < 1.29 is 9.90 Å². The Hall–Kier alpha value is -2.70. The SMILES string of the molecule is Cn1cc(CN2CCC(O)C2)c(C(=O)Nc2ccc3c4c(cccc24)CC3)n1. The first kappa shape index (κ1) is 17.4. The van der Waals surface area contributed by atoms with Crippen LogP contribution in [0.1, 0.15) is 33.6 Å². The van der Waals surface area contributed by atoms with Crippen molar-refractivity contribution in [2.45, 2.75) is 31.9 Å². The third-order valence-corrected chi connectivity index (χ3v) is 5.89. The van der Waals surface area contributed by atoms with Crippen LogP contribution in [0, 0.1) is 0 Å². The van der Waals surface area contributed by atoms with Crippen LogP contribution in [0.15, 0.2) is 36.5 Å². The number of aliphatic hydroxyl groups excluding tert-OH is 1. The van der Waals surface area contributed by atoms with Gasteiger partial charge < -0.3 is 10.4 Å². The van der Waals surface area contributed by atoms with Crippen LogP contribution >= 0.6 is 0 Å². The van der Waals surface area contributed by atoms with E-state index in [2.05, 4.69) is 39.6 Å². The predicted octanol–water partition coefficient (Wildman–Crippen LogP) is 2.49. The monoisotopic (exact) mass is 376 g/mol. The molecule has 5 rings (SSSR count). The second-order valence-electron chi connectivity index (χ2n) is 7.92. The maximum atomic E-state index is 13.1. The predicted molar refractivity (Wildman–Crippen MR) is 108 cm³/mol. The zero-order valence-corrected chi connectivity index (χ0v) is 16.0. The van der Waals surface area contributed by atoms with E-state index in [1.807, 2.05) is 19.3 Å². The summed E-state index contributed by atoms with van der Waals surface area (Å²) in [5.41, 5.74) is 4.89. The van der Waals surface area contributed by atoms with Gasteiger partial charge in [0.1, 0.15) is 0 Å². The Kier molecular flexibility index (Phi) is 4.18. The quantitative estimate of drug-likeness (QED) is 0.734. The first-order valence-corrected chi connectivity index (χ1v) is 9.86. The molecule has 6 nitrogen and oxygen atoms in total. The maximum Gasteiger partial charge on any atom is 0.276 e. The lowest BCUT2D eigenvalue weighted by Gasteiger charge is -2.15. The lowest BCUT2D eigenvalue weighted by atomic mass is 10.0. The van der Waals surface area contributed by atoms with E-state index in [4.69, 9.17) is 0 Å². The number of benzene rings is 2. The minimum Gasteiger partial charge on any atom is -0.392 e. The highest BCUT2D eigenvalue weighted by atomic mass is 16.3. The molecule has 0 radical (unpaired) electrons. The van der Waals surface area contributed by atoms with Gasteiger partial charge in [-0.15, -0.1) is 0 Å². The lowest BCUT2D eigenvalue weighted by molar-refractivity contribution is 0.102. The van der Waals surface area contributed by atoms with Gasteiger partial charge in [0, 0.05) is 49.5 Å². The number of aliphatic hydroxyl groups is 1. The number of amides is 1. The van der Waals surface area contributed by atoms with Gasteiger partial charge in [-0.3, -0.25) is 14.4 Å². The number of hydrogen-bond acceptors (Lipinski definition) is 4. The van der Waals surface area contributed by atoms with Crippen molar-refractivity contribution in [1.82, 2.24) is 14.7 Å². The molecule has 2 aromatic carbocycles. The molecule has 0 bridgehead atoms. The molecule has 2 N–H and O–H groups in total. The van der Waals surface area contributed by atoms with Crippen LogP contribution < -0.4 is 5.32 Å². The van der Waals surface area contributed by atoms with Gasteiger partial charge in [-0.1, -0.05) is 24.3 Å². The average Bonchev–Trinajstić information content (AvgIpc) is 3.38. The minimum absolute atomic E-state index is 0.186. The smallest absolute Gasteiger partial charge is 0.276 e. The number of nitrogens with zero attached hydrogens (tertiary/aromatic N) is 3. The van der Waals surface area contributed by atoms with Gasteiger partial charge in [-0.05, 0) is 41.8 Å². The summed E-state index contributed by atoms with van der Waals surface area (Å²) in [6.45, 7) is 2.11. The van der Waals surface area contributed by atoms with Gasteiger partial charge in [0.2, 0.25) is 0 Å². The van der Waals surface area contributed by atoms with E-state index < -0.39 is 0 Å². The Morgan fingerprint density at radius 1 is 1.25 bits per heavy atom. The molecule has 2 aliphatic rings. The van der Waals surface area contributed by atoms with Crippen LogP contribution in [0.2, 0.25) is 0 Å². The Labute approximate surface area is 163 Å². The zero-order valence-electron chi connectivity index (χ0n) is 16.0. The summed E-state index contributed by atoms with van der Waals surface area (Å²) in [4.78, 5) is 15.2. The number of rotatable bonds is 4. The van der Waals surface area contributed by atoms with Gasteiger partial charge >= 0.3 is 0 Å². The number of carbonyl (C=O) groups excluding carboxylic acids is 1. The van der Waals surface area contributed by atoms with Gasteiger partial charge in [0.25, 0.3) is 5.91 Å². The largest absolute Gasteiger partial charge is 0.392 e. The number of β-amino-alcohol motifs (C(OH)–C–C–N with tert-alkyl or cyclic N) is 1. The van der Waals surface area contributed by atoms with Gasteiger partial charge in [0.05, 0.1) is 6.10 Å². The fraction of sp³-hybridized carbons (Fsp3) is 0.364. The van der Waals surface area contributed by atoms with Crippen LogP contribution in [0.5, 0.6) is 0 Å². The third kappa shape index (κ3) is 2.99. The fourth-order valence-electron chi connectivity index (χ4n) is 4.58. The molecule has 1 fully saturated rings. The molecule has 6 heteroatoms. The second kappa shape index (κ2) is 6.72. The molecule has 1 aromatic heterocycles. The normalized spacial score (nSPS) is 18.9. The molecule has 28 heavy (non-hydrogen) atoms. The molecule has 1 saturated heterocycles. The number of aromatic nitrogens is 2. The molecule has 0 saturated carbocycles. The van der Waals surface area contributed by atoms with Crippen molar-refractivity contribution in [3.8, 4) is 0 Å². The topological polar surface area (TPSA) is 70.4 Å². The van der Waals surface area contributed by atoms with E-state index in [1.54, 1.807) is 4.68 Å². The highest BCUT2D eigenvalue weighted by Crippen LogP contribution is 2.35. The summed E-state index contributed by atoms with van der Waals surface area (Å²) < 4.78 is 1.68. The summed E-state index contributed by atoms with van der Waals surface area (Å²) in [5, 5.41) is 19.6. The molecule has 1 aliphatic carbocycles. The van der Waals surface area contributed by atoms with Crippen molar-refractivity contribution in [2.24, 2.45) is 7.05 Å². The molecule has 1 unspecified atom stereocenters. The van der Waals surface area contributed by atoms with Crippen molar-refractivity contribution in [1.29, 1.82) is 0 Å². The molecule has 1 amide bonds. The van der Waals surface area contributed by atoms with E-state index in [9.17, 15) is 9.90 Å². The first-order valence-electron chi connectivity index (χ1n) is 9.86. The highest BCUT2D eigenvalue weighted by Gasteiger charge is 2.24. The highest BCUT2D eigenvalue weighted by molar-refractivity contribution is 6.10. The van der Waals surface area contributed by atoms with Gasteiger partial charge in [0.15, 0.2) is 5.69 Å². The summed E-state index contributed by atoms with van der Waals surface area (Å²) in [6, 6.07) is 10.4. The first-order chi connectivity index (χ1) is 13.6. The summed E-state index contributed by atoms with van der Waals surface area (Å²) >= 11 is 0. The van der Waals surface area contributed by atoms with E-state index in [0.29, 0.717) is 18.8 Å². The van der Waals surface area contributed by atoms with E-state index >= 15 is 0 Å². The van der Waals surface area contributed by atoms with Crippen molar-refractivity contribution in [3.05, 3.63) is 58.9 Å². The molecule has 1 atom stereocenters. The van der Waals surface area contributed by atoms with E-state index in [0.717, 1.165) is 42.4 Å². The Bertz CT molecular complexity index is 1060. The molecule has 144 valence electrons. The molecule has 2 heterocycles. The van der Waals surface area contributed by atoms with Crippen molar-refractivity contribution in [3.63, 3.8) is 0 Å². The molecular formula is C22H24N4O2. The zero-order chi connectivity index (χ0) is 19.3. The van der Waals surface area contributed by atoms with Gasteiger partial charge in [-0.25, -0.2) is 0 Å². The van der Waals surface area contributed by atoms with Crippen LogP contribution in [0.25, 0.3) is 10.8 Å². The standard InChI is InChI=1S/C22H24N4O2/c1-25-11-16(12-26-10-9-17(27)13-26)21(24-25)22(28)23-19-8-7-15-6-5-14-3-2-4-18(19)20(14)15/h2-4,7-8,11,17,27H,5-6,9-10,12-13H2,1H3,(H,23,28). The molecular weight excluding hydrogens is 352 g/mol. The number of carbonyl (C=O) groups is 1. The number of aryl methyl sites for hydroxylation is 3. The summed E-state index contributed by atoms with van der Waals surface area (Å²) in [5.74, 6) is -0.186. The van der Waals surface area contributed by atoms with Crippen LogP contribution in [-0.2, 0) is 26.4 Å². The number of hydrogen-bond donors (Lipinski definition) is 2. The van der Waals surface area contributed by atoms with Crippen LogP contribution in [0.4, 0.5) is 5.69 Å². The van der Waals surface area contributed by atoms with Crippen molar-refractivity contribution in [2.75, 3.05) is 18.4 Å².